The van der Waals surface area contributed by atoms with Crippen LogP contribution in [-0.4, -0.2) is 11.8 Å². The number of fused-ring (bicyclic) bond motifs is 3. The normalized spacial score (nSPS) is 22.1. The topological polar surface area (TPSA) is 70.2 Å². The number of rotatable bonds is 0. The number of halogens is 1. The van der Waals surface area contributed by atoms with Crippen molar-refractivity contribution >= 4 is 23.2 Å². The Bertz CT molecular complexity index is 805. The molecular weight excluding hydrogens is 273 g/mol. The molecule has 0 fully saturated rings. The van der Waals surface area contributed by atoms with Crippen LogP contribution in [0.5, 0.6) is 0 Å². The smallest absolute Gasteiger partial charge is 0.275 e. The molecule has 1 atom stereocenters. The second-order valence-electron chi connectivity index (χ2n) is 5.02. The van der Waals surface area contributed by atoms with Gasteiger partial charge in [0, 0.05) is 16.9 Å². The maximum absolute atomic E-state index is 13.5. The van der Waals surface area contributed by atoms with Crippen molar-refractivity contribution in [1.82, 2.24) is 5.32 Å². The molecule has 1 spiro atoms. The molecule has 0 aliphatic carbocycles. The zero-order valence-corrected chi connectivity index (χ0v) is 10.7. The number of para-hydroxylation sites is 1. The van der Waals surface area contributed by atoms with Crippen LogP contribution in [0.15, 0.2) is 42.5 Å². The SMILES string of the molecule is O=C1NC2(Nc3ccccc31)C(=O)Nc1ccc(F)cc12. The molecule has 6 heteroatoms. The van der Waals surface area contributed by atoms with Gasteiger partial charge in [-0.1, -0.05) is 12.1 Å². The summed E-state index contributed by atoms with van der Waals surface area (Å²) < 4.78 is 13.5. The first-order valence-electron chi connectivity index (χ1n) is 6.41. The summed E-state index contributed by atoms with van der Waals surface area (Å²) >= 11 is 0. The van der Waals surface area contributed by atoms with Crippen LogP contribution >= 0.6 is 0 Å². The van der Waals surface area contributed by atoms with E-state index >= 15 is 0 Å². The lowest BCUT2D eigenvalue weighted by Gasteiger charge is -2.35. The molecular formula is C15H10FN3O2. The maximum Gasteiger partial charge on any atom is 0.275 e. The van der Waals surface area contributed by atoms with Crippen LogP contribution in [0.3, 0.4) is 0 Å². The molecule has 2 heterocycles. The first-order valence-corrected chi connectivity index (χ1v) is 6.41. The zero-order valence-electron chi connectivity index (χ0n) is 10.7. The molecule has 3 N–H and O–H groups in total. The number of benzene rings is 2. The summed E-state index contributed by atoms with van der Waals surface area (Å²) in [5.74, 6) is -1.29. The number of anilines is 2. The Morgan fingerprint density at radius 3 is 2.62 bits per heavy atom. The molecule has 2 amide bonds. The number of amides is 2. The molecule has 1 unspecified atom stereocenters. The van der Waals surface area contributed by atoms with Crippen molar-refractivity contribution in [2.24, 2.45) is 0 Å². The summed E-state index contributed by atoms with van der Waals surface area (Å²) in [6.07, 6.45) is 0. The fraction of sp³-hybridized carbons (Fsp3) is 0.0667. The third-order valence-corrected chi connectivity index (χ3v) is 3.77. The van der Waals surface area contributed by atoms with Crippen LogP contribution in [0.2, 0.25) is 0 Å². The Morgan fingerprint density at radius 2 is 1.76 bits per heavy atom. The molecule has 104 valence electrons. The number of carbonyl (C=O) groups excluding carboxylic acids is 2. The molecule has 21 heavy (non-hydrogen) atoms. The Kier molecular flexibility index (Phi) is 2.16. The van der Waals surface area contributed by atoms with Crippen molar-refractivity contribution in [2.75, 3.05) is 10.6 Å². The highest BCUT2D eigenvalue weighted by Gasteiger charge is 2.51. The second kappa shape index (κ2) is 3.82. The molecule has 0 bridgehead atoms. The maximum atomic E-state index is 13.5. The van der Waals surface area contributed by atoms with Gasteiger partial charge in [0.2, 0.25) is 5.66 Å². The minimum Gasteiger partial charge on any atom is -0.350 e. The third kappa shape index (κ3) is 1.50. The predicted octanol–water partition coefficient (Wildman–Crippen LogP) is 1.79. The lowest BCUT2D eigenvalue weighted by atomic mass is 9.95. The van der Waals surface area contributed by atoms with E-state index in [9.17, 15) is 14.0 Å². The van der Waals surface area contributed by atoms with Gasteiger partial charge in [0.1, 0.15) is 5.82 Å². The Hall–Kier alpha value is -2.89. The van der Waals surface area contributed by atoms with Crippen molar-refractivity contribution < 1.29 is 14.0 Å². The molecule has 0 aromatic heterocycles. The van der Waals surface area contributed by atoms with Gasteiger partial charge < -0.3 is 16.0 Å². The summed E-state index contributed by atoms with van der Waals surface area (Å²) in [7, 11) is 0. The molecule has 2 aromatic carbocycles. The fourth-order valence-corrected chi connectivity index (χ4v) is 2.78. The lowest BCUT2D eigenvalue weighted by Crippen LogP contribution is -2.59. The fourth-order valence-electron chi connectivity index (χ4n) is 2.78. The van der Waals surface area contributed by atoms with Gasteiger partial charge in [0.25, 0.3) is 11.8 Å². The van der Waals surface area contributed by atoms with E-state index in [2.05, 4.69) is 16.0 Å². The minimum atomic E-state index is -1.47. The quantitative estimate of drug-likeness (QED) is 0.690. The highest BCUT2D eigenvalue weighted by atomic mass is 19.1. The van der Waals surface area contributed by atoms with Gasteiger partial charge in [0.15, 0.2) is 0 Å². The van der Waals surface area contributed by atoms with E-state index in [0.717, 1.165) is 0 Å². The van der Waals surface area contributed by atoms with Gasteiger partial charge >= 0.3 is 0 Å². The average molecular weight is 283 g/mol. The number of carbonyl (C=O) groups is 2. The lowest BCUT2D eigenvalue weighted by molar-refractivity contribution is -0.120. The van der Waals surface area contributed by atoms with E-state index in [4.69, 9.17) is 0 Å². The molecule has 2 aliphatic rings. The number of hydrogen-bond donors (Lipinski definition) is 3. The first kappa shape index (κ1) is 11.9. The van der Waals surface area contributed by atoms with Crippen molar-refractivity contribution in [2.45, 2.75) is 5.66 Å². The van der Waals surface area contributed by atoms with Gasteiger partial charge in [-0.3, -0.25) is 9.59 Å². The predicted molar refractivity (Wildman–Crippen MR) is 74.2 cm³/mol. The van der Waals surface area contributed by atoms with Crippen LogP contribution in [0.1, 0.15) is 15.9 Å². The summed E-state index contributed by atoms with van der Waals surface area (Å²) in [6, 6.07) is 10.8. The Labute approximate surface area is 119 Å². The van der Waals surface area contributed by atoms with Gasteiger partial charge in [-0.15, -0.1) is 0 Å². The molecule has 5 nitrogen and oxygen atoms in total. The van der Waals surface area contributed by atoms with Gasteiger partial charge in [-0.2, -0.15) is 0 Å². The molecule has 2 aliphatic heterocycles. The summed E-state index contributed by atoms with van der Waals surface area (Å²) in [5, 5.41) is 8.33. The van der Waals surface area contributed by atoms with Crippen LogP contribution in [0.4, 0.5) is 15.8 Å². The van der Waals surface area contributed by atoms with E-state index in [1.165, 1.54) is 18.2 Å². The third-order valence-electron chi connectivity index (χ3n) is 3.77. The van der Waals surface area contributed by atoms with Crippen LogP contribution < -0.4 is 16.0 Å². The zero-order chi connectivity index (χ0) is 14.6. The van der Waals surface area contributed by atoms with E-state index in [-0.39, 0.29) is 5.91 Å². The number of nitrogens with one attached hydrogen (secondary N) is 3. The summed E-state index contributed by atoms with van der Waals surface area (Å²) in [6.45, 7) is 0. The molecule has 0 radical (unpaired) electrons. The van der Waals surface area contributed by atoms with Crippen LogP contribution in [0, 0.1) is 5.82 Å². The minimum absolute atomic E-state index is 0.371. The Balaban J connectivity index is 1.93. The summed E-state index contributed by atoms with van der Waals surface area (Å²) in [5.41, 5.74) is 0.362. The van der Waals surface area contributed by atoms with Gasteiger partial charge in [0.05, 0.1) is 5.56 Å². The van der Waals surface area contributed by atoms with Gasteiger partial charge in [-0.05, 0) is 30.3 Å². The standard InChI is InChI=1S/C15H10FN3O2/c16-8-5-6-12-10(7-8)15(14(21)17-12)18-11-4-2-1-3-9(11)13(20)19-15/h1-7,18H,(H,17,21)(H,19,20). The second-order valence-corrected chi connectivity index (χ2v) is 5.02. The van der Waals surface area contributed by atoms with Crippen molar-refractivity contribution in [1.29, 1.82) is 0 Å². The summed E-state index contributed by atoms with van der Waals surface area (Å²) in [4.78, 5) is 24.6. The Morgan fingerprint density at radius 1 is 0.952 bits per heavy atom. The highest BCUT2D eigenvalue weighted by Crippen LogP contribution is 2.40. The largest absolute Gasteiger partial charge is 0.350 e. The van der Waals surface area contributed by atoms with Crippen LogP contribution in [-0.2, 0) is 10.5 Å². The first-order chi connectivity index (χ1) is 10.1. The van der Waals surface area contributed by atoms with Crippen molar-refractivity contribution in [3.63, 3.8) is 0 Å². The van der Waals surface area contributed by atoms with Crippen molar-refractivity contribution in [3.8, 4) is 0 Å². The van der Waals surface area contributed by atoms with E-state index in [1.807, 2.05) is 0 Å². The molecule has 0 saturated heterocycles. The highest BCUT2D eigenvalue weighted by molar-refractivity contribution is 6.14. The molecule has 0 saturated carbocycles. The monoisotopic (exact) mass is 283 g/mol. The molecule has 2 aromatic rings. The van der Waals surface area contributed by atoms with Crippen LogP contribution in [0.25, 0.3) is 0 Å². The van der Waals surface area contributed by atoms with E-state index in [1.54, 1.807) is 24.3 Å². The number of hydrogen-bond acceptors (Lipinski definition) is 3. The van der Waals surface area contributed by atoms with E-state index in [0.29, 0.717) is 22.5 Å². The van der Waals surface area contributed by atoms with Gasteiger partial charge in [-0.25, -0.2) is 4.39 Å². The molecule has 4 rings (SSSR count). The average Bonchev–Trinajstić information content (AvgIpc) is 2.72. The van der Waals surface area contributed by atoms with E-state index < -0.39 is 17.4 Å². The van der Waals surface area contributed by atoms with Crippen molar-refractivity contribution in [3.05, 3.63) is 59.4 Å².